The fraction of sp³-hybridized carbons (Fsp3) is 0.417. The Morgan fingerprint density at radius 3 is 2.70 bits per heavy atom. The Bertz CT molecular complexity index is 1070. The molecule has 4 rings (SSSR count). The molecule has 0 spiro atoms. The zero-order valence-electron chi connectivity index (χ0n) is 18.7. The van der Waals surface area contributed by atoms with Crippen LogP contribution in [0.25, 0.3) is 0 Å². The predicted octanol–water partition coefficient (Wildman–Crippen LogP) is 3.53. The molecule has 176 valence electrons. The summed E-state index contributed by atoms with van der Waals surface area (Å²) in [6.07, 6.45) is 2.96. The van der Waals surface area contributed by atoms with E-state index >= 15 is 0 Å². The molecule has 0 bridgehead atoms. The van der Waals surface area contributed by atoms with Crippen molar-refractivity contribution < 1.29 is 27.8 Å². The van der Waals surface area contributed by atoms with Crippen molar-refractivity contribution in [2.75, 3.05) is 24.4 Å². The summed E-state index contributed by atoms with van der Waals surface area (Å²) in [5.74, 6) is 0.972. The molecule has 1 unspecified atom stereocenters. The van der Waals surface area contributed by atoms with Crippen LogP contribution in [-0.4, -0.2) is 51.5 Å². The van der Waals surface area contributed by atoms with E-state index in [9.17, 15) is 18.4 Å². The van der Waals surface area contributed by atoms with Gasteiger partial charge >= 0.3 is 0 Å². The van der Waals surface area contributed by atoms with E-state index in [0.717, 1.165) is 30.4 Å². The molecule has 8 nitrogen and oxygen atoms in total. The molecule has 1 aliphatic heterocycles. The summed E-state index contributed by atoms with van der Waals surface area (Å²) in [4.78, 5) is 28.8. The Hall–Kier alpha value is -2.91. The van der Waals surface area contributed by atoms with Gasteiger partial charge in [-0.3, -0.25) is 9.59 Å². The number of hydrogen-bond donors (Lipinski definition) is 1. The maximum atomic E-state index is 13.7. The van der Waals surface area contributed by atoms with Crippen molar-refractivity contribution in [1.82, 2.24) is 4.90 Å². The number of anilines is 1. The summed E-state index contributed by atoms with van der Waals surface area (Å²) < 4.78 is 32.0. The molecule has 2 amide bonds. The lowest BCUT2D eigenvalue weighted by Crippen LogP contribution is -2.31. The van der Waals surface area contributed by atoms with Crippen LogP contribution in [0.4, 0.5) is 5.69 Å². The minimum atomic E-state index is -2.00. The molecule has 0 aromatic heterocycles. The Morgan fingerprint density at radius 2 is 2.06 bits per heavy atom. The highest BCUT2D eigenvalue weighted by Crippen LogP contribution is 2.41. The Morgan fingerprint density at radius 1 is 1.27 bits per heavy atom. The molecule has 1 aliphatic carbocycles. The van der Waals surface area contributed by atoms with Gasteiger partial charge in [0.1, 0.15) is 0 Å². The molecule has 0 radical (unpaired) electrons. The lowest BCUT2D eigenvalue weighted by Gasteiger charge is -2.29. The summed E-state index contributed by atoms with van der Waals surface area (Å²) in [5.41, 5.74) is 2.80. The second-order valence-electron chi connectivity index (χ2n) is 8.16. The lowest BCUT2D eigenvalue weighted by atomic mass is 10.0. The van der Waals surface area contributed by atoms with Crippen molar-refractivity contribution in [3.05, 3.63) is 53.1 Å². The summed E-state index contributed by atoms with van der Waals surface area (Å²) in [5, 5.41) is 0. The van der Waals surface area contributed by atoms with E-state index in [0.29, 0.717) is 42.3 Å². The molecule has 1 N–H and O–H groups in total. The van der Waals surface area contributed by atoms with Crippen LogP contribution in [0.1, 0.15) is 53.7 Å². The van der Waals surface area contributed by atoms with Gasteiger partial charge in [0.15, 0.2) is 22.6 Å². The van der Waals surface area contributed by atoms with E-state index in [4.69, 9.17) is 9.47 Å². The molecular weight excluding hydrogens is 444 g/mol. The van der Waals surface area contributed by atoms with E-state index in [1.807, 2.05) is 37.3 Å². The van der Waals surface area contributed by atoms with Gasteiger partial charge < -0.3 is 23.8 Å². The smallest absolute Gasteiger partial charge is 0.257 e. The van der Waals surface area contributed by atoms with Gasteiger partial charge in [0.2, 0.25) is 6.41 Å². The third-order valence-corrected chi connectivity index (χ3v) is 6.68. The van der Waals surface area contributed by atoms with Crippen LogP contribution < -0.4 is 14.4 Å². The quantitative estimate of drug-likeness (QED) is 0.397. The van der Waals surface area contributed by atoms with Gasteiger partial charge in [0.25, 0.3) is 5.91 Å². The SMILES string of the molecule is CCOc1cc([C@@H](CCS(=O)O)N2Cc3cccc(N(C=O)C4CC4)c3C2=O)ccc1OC. The number of ether oxygens (including phenoxy) is 2. The van der Waals surface area contributed by atoms with Crippen molar-refractivity contribution >= 4 is 29.1 Å². The maximum Gasteiger partial charge on any atom is 0.257 e. The highest BCUT2D eigenvalue weighted by molar-refractivity contribution is 7.79. The van der Waals surface area contributed by atoms with E-state index in [2.05, 4.69) is 0 Å². The standard InChI is InChI=1S/C24H28N2O6S/c1-3-32-22-13-16(7-10-21(22)31-2)19(11-12-33(29)30)25-14-17-5-4-6-20(23(17)24(25)28)26(15-27)18-8-9-18/h4-7,10,13,15,18-19H,3,8-9,11-12,14H2,1-2H3,(H,29,30)/t19-/m1/s1. The highest BCUT2D eigenvalue weighted by Gasteiger charge is 2.39. The van der Waals surface area contributed by atoms with Crippen molar-refractivity contribution in [1.29, 1.82) is 0 Å². The third kappa shape index (κ3) is 4.74. The van der Waals surface area contributed by atoms with Gasteiger partial charge in [-0.1, -0.05) is 18.2 Å². The molecule has 2 atom stereocenters. The number of carbonyl (C=O) groups excluding carboxylic acids is 2. The van der Waals surface area contributed by atoms with Crippen molar-refractivity contribution in [2.24, 2.45) is 0 Å². The van der Waals surface area contributed by atoms with Crippen LogP contribution >= 0.6 is 0 Å². The average Bonchev–Trinajstić information content (AvgIpc) is 3.58. The number of carbonyl (C=O) groups is 2. The van der Waals surface area contributed by atoms with Gasteiger partial charge in [-0.2, -0.15) is 0 Å². The summed E-state index contributed by atoms with van der Waals surface area (Å²) in [6, 6.07) is 10.7. The molecule has 1 heterocycles. The van der Waals surface area contributed by atoms with Crippen molar-refractivity contribution in [3.63, 3.8) is 0 Å². The maximum absolute atomic E-state index is 13.7. The second-order valence-corrected chi connectivity index (χ2v) is 9.21. The fourth-order valence-corrected chi connectivity index (χ4v) is 4.83. The van der Waals surface area contributed by atoms with Gasteiger partial charge in [-0.05, 0) is 55.5 Å². The first-order valence-electron chi connectivity index (χ1n) is 11.0. The van der Waals surface area contributed by atoms with Crippen LogP contribution in [0.3, 0.4) is 0 Å². The molecule has 0 saturated heterocycles. The number of methoxy groups -OCH3 is 1. The number of hydrogen-bond acceptors (Lipinski definition) is 5. The largest absolute Gasteiger partial charge is 0.493 e. The number of benzene rings is 2. The second kappa shape index (κ2) is 9.93. The van der Waals surface area contributed by atoms with Crippen LogP contribution in [0.15, 0.2) is 36.4 Å². The third-order valence-electron chi connectivity index (χ3n) is 6.09. The average molecular weight is 473 g/mol. The monoisotopic (exact) mass is 472 g/mol. The van der Waals surface area contributed by atoms with Crippen molar-refractivity contribution in [3.8, 4) is 11.5 Å². The van der Waals surface area contributed by atoms with Gasteiger partial charge in [-0.15, -0.1) is 0 Å². The zero-order chi connectivity index (χ0) is 23.5. The summed E-state index contributed by atoms with van der Waals surface area (Å²) in [6.45, 7) is 2.68. The predicted molar refractivity (Wildman–Crippen MR) is 125 cm³/mol. The number of rotatable bonds is 11. The first kappa shape index (κ1) is 23.3. The van der Waals surface area contributed by atoms with E-state index in [1.165, 1.54) is 0 Å². The molecule has 9 heteroatoms. The Labute approximate surface area is 195 Å². The molecule has 2 aromatic rings. The van der Waals surface area contributed by atoms with Crippen LogP contribution in [-0.2, 0) is 22.4 Å². The van der Waals surface area contributed by atoms with Crippen LogP contribution in [0.2, 0.25) is 0 Å². The lowest BCUT2D eigenvalue weighted by molar-refractivity contribution is -0.107. The number of fused-ring (bicyclic) bond motifs is 1. The molecule has 33 heavy (non-hydrogen) atoms. The Kier molecular flexibility index (Phi) is 6.99. The molecular formula is C24H28N2O6S. The normalized spacial score (nSPS) is 16.8. The van der Waals surface area contributed by atoms with Crippen LogP contribution in [0.5, 0.6) is 11.5 Å². The molecule has 2 aromatic carbocycles. The van der Waals surface area contributed by atoms with Gasteiger partial charge in [-0.25, -0.2) is 4.21 Å². The van der Waals surface area contributed by atoms with Gasteiger partial charge in [0.05, 0.1) is 36.8 Å². The first-order chi connectivity index (χ1) is 16.0. The summed E-state index contributed by atoms with van der Waals surface area (Å²) >= 11 is -2.00. The minimum absolute atomic E-state index is 0.0240. The fourth-order valence-electron chi connectivity index (χ4n) is 4.41. The topological polar surface area (TPSA) is 96.4 Å². The Balaban J connectivity index is 1.71. The number of nitrogens with zero attached hydrogens (tertiary/aromatic N) is 2. The van der Waals surface area contributed by atoms with Crippen molar-refractivity contribution in [2.45, 2.75) is 44.8 Å². The zero-order valence-corrected chi connectivity index (χ0v) is 19.5. The van der Waals surface area contributed by atoms with Gasteiger partial charge in [0, 0.05) is 12.6 Å². The molecule has 2 aliphatic rings. The molecule has 1 fully saturated rings. The molecule has 1 saturated carbocycles. The van der Waals surface area contributed by atoms with E-state index < -0.39 is 17.1 Å². The number of amides is 2. The van der Waals surface area contributed by atoms with E-state index in [-0.39, 0.29) is 17.7 Å². The first-order valence-corrected chi connectivity index (χ1v) is 12.3. The van der Waals surface area contributed by atoms with Crippen LogP contribution in [0, 0.1) is 0 Å². The minimum Gasteiger partial charge on any atom is -0.493 e. The summed E-state index contributed by atoms with van der Waals surface area (Å²) in [7, 11) is 1.56. The highest BCUT2D eigenvalue weighted by atomic mass is 32.2. The van der Waals surface area contributed by atoms with E-state index in [1.54, 1.807) is 23.0 Å².